The highest BCUT2D eigenvalue weighted by Gasteiger charge is 2.71. The highest BCUT2D eigenvalue weighted by Crippen LogP contribution is 2.66. The lowest BCUT2D eigenvalue weighted by Gasteiger charge is -2.31. The average Bonchev–Trinajstić information content (AvgIpc) is 3.14. The molecular formula is C13H19F2NO2. The first-order valence-electron chi connectivity index (χ1n) is 7.00. The SMILES string of the molecule is FC1(F)CC12CCN(C1OC1C1CCCO1)CC2. The molecule has 1 spiro atoms. The van der Waals surface area contributed by atoms with E-state index >= 15 is 0 Å². The predicted octanol–water partition coefficient (Wildman–Crippen LogP) is 2.01. The van der Waals surface area contributed by atoms with Gasteiger partial charge in [0.15, 0.2) is 0 Å². The van der Waals surface area contributed by atoms with Gasteiger partial charge in [-0.3, -0.25) is 4.90 Å². The summed E-state index contributed by atoms with van der Waals surface area (Å²) in [5, 5.41) is 0. The van der Waals surface area contributed by atoms with E-state index < -0.39 is 11.3 Å². The highest BCUT2D eigenvalue weighted by atomic mass is 19.3. The summed E-state index contributed by atoms with van der Waals surface area (Å²) in [7, 11) is 0. The fourth-order valence-electron chi connectivity index (χ4n) is 3.67. The molecule has 0 amide bonds. The van der Waals surface area contributed by atoms with Crippen molar-refractivity contribution in [1.82, 2.24) is 4.90 Å². The maximum atomic E-state index is 13.3. The summed E-state index contributed by atoms with van der Waals surface area (Å²) < 4.78 is 37.8. The van der Waals surface area contributed by atoms with Crippen molar-refractivity contribution in [1.29, 1.82) is 0 Å². The molecule has 3 saturated heterocycles. The largest absolute Gasteiger partial charge is 0.375 e. The van der Waals surface area contributed by atoms with E-state index in [-0.39, 0.29) is 24.9 Å². The van der Waals surface area contributed by atoms with E-state index in [1.165, 1.54) is 0 Å². The van der Waals surface area contributed by atoms with Gasteiger partial charge in [-0.25, -0.2) is 8.78 Å². The first-order chi connectivity index (χ1) is 8.61. The van der Waals surface area contributed by atoms with Gasteiger partial charge in [0.2, 0.25) is 0 Å². The first kappa shape index (κ1) is 11.6. The molecule has 1 aliphatic carbocycles. The van der Waals surface area contributed by atoms with Crippen molar-refractivity contribution in [3.8, 4) is 0 Å². The number of halogens is 2. The molecule has 3 nitrogen and oxygen atoms in total. The van der Waals surface area contributed by atoms with E-state index in [1.54, 1.807) is 0 Å². The molecule has 4 aliphatic rings. The van der Waals surface area contributed by atoms with Crippen LogP contribution in [-0.4, -0.2) is 49.0 Å². The van der Waals surface area contributed by atoms with Crippen LogP contribution < -0.4 is 0 Å². The Labute approximate surface area is 105 Å². The molecule has 3 unspecified atom stereocenters. The topological polar surface area (TPSA) is 25.0 Å². The molecule has 1 saturated carbocycles. The van der Waals surface area contributed by atoms with Gasteiger partial charge in [-0.2, -0.15) is 0 Å². The van der Waals surface area contributed by atoms with E-state index in [1.807, 2.05) is 0 Å². The Bertz CT molecular complexity index is 349. The number of piperidine rings is 1. The number of nitrogens with zero attached hydrogens (tertiary/aromatic N) is 1. The van der Waals surface area contributed by atoms with E-state index in [2.05, 4.69) is 4.90 Å². The zero-order valence-corrected chi connectivity index (χ0v) is 10.4. The van der Waals surface area contributed by atoms with Crippen LogP contribution in [0.1, 0.15) is 32.1 Å². The number of epoxide rings is 1. The van der Waals surface area contributed by atoms with Gasteiger partial charge in [-0.05, 0) is 25.7 Å². The Morgan fingerprint density at radius 2 is 1.89 bits per heavy atom. The summed E-state index contributed by atoms with van der Waals surface area (Å²) in [6, 6.07) is 0. The second-order valence-electron chi connectivity index (χ2n) is 6.24. The van der Waals surface area contributed by atoms with Crippen LogP contribution in [0.15, 0.2) is 0 Å². The lowest BCUT2D eigenvalue weighted by molar-refractivity contribution is 0.0216. The molecule has 0 aromatic heterocycles. The van der Waals surface area contributed by atoms with Crippen LogP contribution in [0.5, 0.6) is 0 Å². The smallest absolute Gasteiger partial charge is 0.254 e. The van der Waals surface area contributed by atoms with Crippen molar-refractivity contribution in [3.63, 3.8) is 0 Å². The molecule has 0 bridgehead atoms. The minimum Gasteiger partial charge on any atom is -0.375 e. The molecule has 18 heavy (non-hydrogen) atoms. The van der Waals surface area contributed by atoms with Gasteiger partial charge in [-0.15, -0.1) is 0 Å². The van der Waals surface area contributed by atoms with Crippen LogP contribution in [0.25, 0.3) is 0 Å². The van der Waals surface area contributed by atoms with Gasteiger partial charge in [0, 0.05) is 31.5 Å². The van der Waals surface area contributed by atoms with E-state index in [0.29, 0.717) is 12.8 Å². The van der Waals surface area contributed by atoms with Gasteiger partial charge < -0.3 is 9.47 Å². The van der Waals surface area contributed by atoms with Crippen LogP contribution in [0, 0.1) is 5.41 Å². The Morgan fingerprint density at radius 3 is 2.44 bits per heavy atom. The van der Waals surface area contributed by atoms with Crippen LogP contribution in [0.2, 0.25) is 0 Å². The van der Waals surface area contributed by atoms with Crippen molar-refractivity contribution < 1.29 is 18.3 Å². The maximum Gasteiger partial charge on any atom is 0.254 e. The quantitative estimate of drug-likeness (QED) is 0.709. The summed E-state index contributed by atoms with van der Waals surface area (Å²) in [5.74, 6) is -2.39. The third-order valence-electron chi connectivity index (χ3n) is 5.16. The number of hydrogen-bond acceptors (Lipinski definition) is 3. The van der Waals surface area contributed by atoms with Crippen molar-refractivity contribution in [2.45, 2.75) is 56.5 Å². The van der Waals surface area contributed by atoms with Gasteiger partial charge in [-0.1, -0.05) is 0 Å². The monoisotopic (exact) mass is 259 g/mol. The average molecular weight is 259 g/mol. The first-order valence-corrected chi connectivity index (χ1v) is 7.00. The lowest BCUT2D eigenvalue weighted by Crippen LogP contribution is -2.40. The molecule has 3 atom stereocenters. The van der Waals surface area contributed by atoms with Gasteiger partial charge >= 0.3 is 0 Å². The predicted molar refractivity (Wildman–Crippen MR) is 60.4 cm³/mol. The minimum absolute atomic E-state index is 0.106. The second-order valence-corrected chi connectivity index (χ2v) is 6.24. The number of ether oxygens (including phenoxy) is 2. The van der Waals surface area contributed by atoms with Crippen LogP contribution >= 0.6 is 0 Å². The van der Waals surface area contributed by atoms with E-state index in [9.17, 15) is 8.78 Å². The van der Waals surface area contributed by atoms with Crippen LogP contribution in [0.4, 0.5) is 8.78 Å². The molecule has 5 heteroatoms. The maximum absolute atomic E-state index is 13.3. The summed E-state index contributed by atoms with van der Waals surface area (Å²) in [6.45, 7) is 2.35. The van der Waals surface area contributed by atoms with Crippen molar-refractivity contribution in [2.24, 2.45) is 5.41 Å². The van der Waals surface area contributed by atoms with Gasteiger partial charge in [0.1, 0.15) is 12.3 Å². The fraction of sp³-hybridized carbons (Fsp3) is 1.00. The number of likely N-dealkylation sites (tertiary alicyclic amines) is 1. The van der Waals surface area contributed by atoms with E-state index in [4.69, 9.17) is 9.47 Å². The molecule has 0 aromatic rings. The molecule has 102 valence electrons. The summed E-state index contributed by atoms with van der Waals surface area (Å²) in [6.07, 6.45) is 4.13. The normalized spacial score (nSPS) is 45.3. The Hall–Kier alpha value is -0.260. The highest BCUT2D eigenvalue weighted by molar-refractivity contribution is 5.12. The second kappa shape index (κ2) is 3.64. The third kappa shape index (κ3) is 1.63. The number of rotatable bonds is 2. The molecule has 4 fully saturated rings. The molecule has 3 aliphatic heterocycles. The zero-order valence-electron chi connectivity index (χ0n) is 10.4. The standard InChI is InChI=1S/C13H19F2NO2/c14-13(15)8-12(13)3-5-16(6-4-12)11-10(18-11)9-2-1-7-17-9/h9-11H,1-8H2. The van der Waals surface area contributed by atoms with Gasteiger partial charge in [0.05, 0.1) is 6.10 Å². The Balaban J connectivity index is 1.31. The fourth-order valence-corrected chi connectivity index (χ4v) is 3.67. The van der Waals surface area contributed by atoms with Crippen molar-refractivity contribution in [2.75, 3.05) is 19.7 Å². The van der Waals surface area contributed by atoms with Crippen LogP contribution in [-0.2, 0) is 9.47 Å². The zero-order chi connectivity index (χ0) is 12.4. The molecule has 0 aromatic carbocycles. The third-order valence-corrected chi connectivity index (χ3v) is 5.16. The number of hydrogen-bond donors (Lipinski definition) is 0. The summed E-state index contributed by atoms with van der Waals surface area (Å²) in [5.41, 5.74) is -0.655. The Kier molecular flexibility index (Phi) is 2.34. The number of alkyl halides is 2. The summed E-state index contributed by atoms with van der Waals surface area (Å²) >= 11 is 0. The molecule has 0 radical (unpaired) electrons. The van der Waals surface area contributed by atoms with Gasteiger partial charge in [0.25, 0.3) is 5.92 Å². The van der Waals surface area contributed by atoms with Crippen molar-refractivity contribution >= 4 is 0 Å². The molecule has 4 rings (SSSR count). The summed E-state index contributed by atoms with van der Waals surface area (Å²) in [4.78, 5) is 2.23. The molecular weight excluding hydrogens is 240 g/mol. The van der Waals surface area contributed by atoms with E-state index in [0.717, 1.165) is 32.5 Å². The van der Waals surface area contributed by atoms with Crippen LogP contribution in [0.3, 0.4) is 0 Å². The molecule has 3 heterocycles. The van der Waals surface area contributed by atoms with Crippen molar-refractivity contribution in [3.05, 3.63) is 0 Å². The minimum atomic E-state index is -2.39. The molecule has 0 N–H and O–H groups in total. The Morgan fingerprint density at radius 1 is 1.17 bits per heavy atom. The lowest BCUT2D eigenvalue weighted by atomic mass is 9.92.